The minimum absolute atomic E-state index is 0.705. The van der Waals surface area contributed by atoms with Crippen molar-refractivity contribution in [3.8, 4) is 0 Å². The maximum absolute atomic E-state index is 4.16. The van der Waals surface area contributed by atoms with Crippen LogP contribution in [0.1, 0.15) is 29.3 Å². The molecule has 0 saturated heterocycles. The van der Waals surface area contributed by atoms with Crippen LogP contribution in [0.25, 0.3) is 0 Å². The molecule has 1 aliphatic rings. The van der Waals surface area contributed by atoms with Crippen LogP contribution in [-0.4, -0.2) is 15.0 Å². The fourth-order valence-corrected chi connectivity index (χ4v) is 3.44. The zero-order valence-electron chi connectivity index (χ0n) is 7.66. The first-order chi connectivity index (χ1) is 6.25. The van der Waals surface area contributed by atoms with Crippen LogP contribution >= 0.6 is 27.3 Å². The van der Waals surface area contributed by atoms with Crippen LogP contribution < -0.4 is 0 Å². The number of aryl methyl sites for hydroxylation is 1. The van der Waals surface area contributed by atoms with E-state index in [2.05, 4.69) is 26.1 Å². The molecule has 1 aliphatic carbocycles. The average Bonchev–Trinajstić information content (AvgIpc) is 2.64. The van der Waals surface area contributed by atoms with Gasteiger partial charge in [0.05, 0.1) is 0 Å². The monoisotopic (exact) mass is 260 g/mol. The van der Waals surface area contributed by atoms with Gasteiger partial charge in [-0.15, -0.1) is 21.5 Å². The zero-order valence-corrected chi connectivity index (χ0v) is 10.1. The highest BCUT2D eigenvalue weighted by Crippen LogP contribution is 2.34. The van der Waals surface area contributed by atoms with E-state index in [1.165, 1.54) is 24.3 Å². The number of hydrogen-bond donors (Lipinski definition) is 0. The molecule has 0 bridgehead atoms. The molecular weight excluding hydrogens is 248 g/mol. The molecule has 1 fully saturated rings. The Kier molecular flexibility index (Phi) is 2.99. The third-order valence-electron chi connectivity index (χ3n) is 2.57. The molecule has 0 N–H and O–H groups in total. The van der Waals surface area contributed by atoms with Gasteiger partial charge in [0, 0.05) is 11.2 Å². The first-order valence-corrected chi connectivity index (χ1v) is 6.42. The van der Waals surface area contributed by atoms with Crippen molar-refractivity contribution in [1.29, 1.82) is 0 Å². The fraction of sp³-hybridized carbons (Fsp3) is 0.778. The van der Waals surface area contributed by atoms with Gasteiger partial charge in [0.15, 0.2) is 0 Å². The Hall–Kier alpha value is 0.0400. The highest BCUT2D eigenvalue weighted by atomic mass is 79.9. The molecule has 0 amide bonds. The fourth-order valence-electron chi connectivity index (χ4n) is 1.87. The lowest BCUT2D eigenvalue weighted by atomic mass is 10.1. The molecule has 0 radical (unpaired) electrons. The van der Waals surface area contributed by atoms with Crippen LogP contribution in [0.3, 0.4) is 0 Å². The SMILES string of the molecule is Cc1nnc(CC2CCCC2Br)s1. The summed E-state index contributed by atoms with van der Waals surface area (Å²) in [5.74, 6) is 0.785. The Morgan fingerprint density at radius 2 is 2.31 bits per heavy atom. The lowest BCUT2D eigenvalue weighted by Gasteiger charge is -2.10. The molecule has 1 aromatic rings. The Morgan fingerprint density at radius 1 is 1.46 bits per heavy atom. The van der Waals surface area contributed by atoms with E-state index in [1.54, 1.807) is 11.3 Å². The molecule has 72 valence electrons. The van der Waals surface area contributed by atoms with E-state index in [-0.39, 0.29) is 0 Å². The van der Waals surface area contributed by atoms with E-state index in [1.807, 2.05) is 6.92 Å². The Balaban J connectivity index is 1.97. The molecule has 1 saturated carbocycles. The molecule has 4 heteroatoms. The molecule has 1 heterocycles. The quantitative estimate of drug-likeness (QED) is 0.765. The second-order valence-electron chi connectivity index (χ2n) is 3.63. The van der Waals surface area contributed by atoms with E-state index < -0.39 is 0 Å². The predicted octanol–water partition coefficient (Wildman–Crippen LogP) is 2.95. The molecule has 2 atom stereocenters. The van der Waals surface area contributed by atoms with Gasteiger partial charge in [-0.05, 0) is 25.7 Å². The first kappa shape index (κ1) is 9.59. The molecule has 13 heavy (non-hydrogen) atoms. The molecule has 2 rings (SSSR count). The largest absolute Gasteiger partial charge is 0.144 e. The van der Waals surface area contributed by atoms with Crippen LogP contribution in [0, 0.1) is 12.8 Å². The zero-order chi connectivity index (χ0) is 9.26. The lowest BCUT2D eigenvalue weighted by Crippen LogP contribution is -2.09. The predicted molar refractivity (Wildman–Crippen MR) is 58.4 cm³/mol. The van der Waals surface area contributed by atoms with Crippen molar-refractivity contribution in [2.75, 3.05) is 0 Å². The number of alkyl halides is 1. The van der Waals surface area contributed by atoms with Gasteiger partial charge in [-0.25, -0.2) is 0 Å². The van der Waals surface area contributed by atoms with E-state index in [0.717, 1.165) is 17.3 Å². The van der Waals surface area contributed by atoms with Gasteiger partial charge in [-0.1, -0.05) is 22.4 Å². The van der Waals surface area contributed by atoms with Crippen molar-refractivity contribution in [2.24, 2.45) is 5.92 Å². The maximum Gasteiger partial charge on any atom is 0.117 e. The number of nitrogens with zero attached hydrogens (tertiary/aromatic N) is 2. The van der Waals surface area contributed by atoms with Gasteiger partial charge in [-0.2, -0.15) is 0 Å². The summed E-state index contributed by atoms with van der Waals surface area (Å²) in [5, 5.41) is 10.5. The van der Waals surface area contributed by atoms with Crippen LogP contribution in [0.5, 0.6) is 0 Å². The lowest BCUT2D eigenvalue weighted by molar-refractivity contribution is 0.558. The van der Waals surface area contributed by atoms with E-state index >= 15 is 0 Å². The number of halogens is 1. The number of rotatable bonds is 2. The minimum atomic E-state index is 0.705. The number of aromatic nitrogens is 2. The van der Waals surface area contributed by atoms with E-state index in [4.69, 9.17) is 0 Å². The van der Waals surface area contributed by atoms with Crippen LogP contribution in [-0.2, 0) is 6.42 Å². The summed E-state index contributed by atoms with van der Waals surface area (Å²) in [6.45, 7) is 2.02. The first-order valence-electron chi connectivity index (χ1n) is 4.69. The minimum Gasteiger partial charge on any atom is -0.144 e. The molecule has 1 aromatic heterocycles. The summed E-state index contributed by atoms with van der Waals surface area (Å²) in [4.78, 5) is 0.705. The van der Waals surface area contributed by atoms with Crippen molar-refractivity contribution in [2.45, 2.75) is 37.4 Å². The second kappa shape index (κ2) is 4.05. The van der Waals surface area contributed by atoms with Gasteiger partial charge >= 0.3 is 0 Å². The highest BCUT2D eigenvalue weighted by molar-refractivity contribution is 9.09. The molecule has 0 aliphatic heterocycles. The average molecular weight is 261 g/mol. The van der Waals surface area contributed by atoms with Gasteiger partial charge in [0.25, 0.3) is 0 Å². The smallest absolute Gasteiger partial charge is 0.117 e. The van der Waals surface area contributed by atoms with E-state index in [9.17, 15) is 0 Å². The summed E-state index contributed by atoms with van der Waals surface area (Å²) in [6.07, 6.45) is 5.14. The summed E-state index contributed by atoms with van der Waals surface area (Å²) < 4.78 is 0. The van der Waals surface area contributed by atoms with Crippen LogP contribution in [0.4, 0.5) is 0 Å². The van der Waals surface area contributed by atoms with Gasteiger partial charge < -0.3 is 0 Å². The third-order valence-corrected chi connectivity index (χ3v) is 4.64. The number of hydrogen-bond acceptors (Lipinski definition) is 3. The van der Waals surface area contributed by atoms with Gasteiger partial charge in [-0.3, -0.25) is 0 Å². The molecular formula is C9H13BrN2S. The topological polar surface area (TPSA) is 25.8 Å². The van der Waals surface area contributed by atoms with Crippen LogP contribution in [0.15, 0.2) is 0 Å². The maximum atomic E-state index is 4.16. The third kappa shape index (κ3) is 2.29. The van der Waals surface area contributed by atoms with Crippen molar-refractivity contribution in [1.82, 2.24) is 10.2 Å². The summed E-state index contributed by atoms with van der Waals surface area (Å²) in [7, 11) is 0. The van der Waals surface area contributed by atoms with Crippen LogP contribution in [0.2, 0.25) is 0 Å². The molecule has 0 spiro atoms. The Bertz CT molecular complexity index is 287. The standard InChI is InChI=1S/C9H13BrN2S/c1-6-11-12-9(13-6)5-7-3-2-4-8(7)10/h7-8H,2-5H2,1H3. The van der Waals surface area contributed by atoms with Gasteiger partial charge in [0.1, 0.15) is 10.0 Å². The summed E-state index contributed by atoms with van der Waals surface area (Å²) >= 11 is 5.46. The Labute approximate surface area is 90.9 Å². The molecule has 2 unspecified atom stereocenters. The summed E-state index contributed by atoms with van der Waals surface area (Å²) in [6, 6.07) is 0. The Morgan fingerprint density at radius 3 is 2.85 bits per heavy atom. The highest BCUT2D eigenvalue weighted by Gasteiger charge is 2.25. The van der Waals surface area contributed by atoms with E-state index in [0.29, 0.717) is 4.83 Å². The second-order valence-corrected chi connectivity index (χ2v) is 6.07. The molecule has 2 nitrogen and oxygen atoms in total. The molecule has 0 aromatic carbocycles. The van der Waals surface area contributed by atoms with Crippen molar-refractivity contribution < 1.29 is 0 Å². The van der Waals surface area contributed by atoms with Crippen molar-refractivity contribution in [3.63, 3.8) is 0 Å². The van der Waals surface area contributed by atoms with Crippen molar-refractivity contribution in [3.05, 3.63) is 10.0 Å². The normalized spacial score (nSPS) is 28.2. The van der Waals surface area contributed by atoms with Crippen molar-refractivity contribution >= 4 is 27.3 Å². The summed E-state index contributed by atoms with van der Waals surface area (Å²) in [5.41, 5.74) is 0. The van der Waals surface area contributed by atoms with Gasteiger partial charge in [0.2, 0.25) is 0 Å².